The number of benzene rings is 1. The predicted octanol–water partition coefficient (Wildman–Crippen LogP) is 4.64. The predicted molar refractivity (Wildman–Crippen MR) is 72.6 cm³/mol. The lowest BCUT2D eigenvalue weighted by Crippen LogP contribution is -2.14. The fourth-order valence-corrected chi connectivity index (χ4v) is 3.45. The fourth-order valence-electron chi connectivity index (χ4n) is 1.67. The fraction of sp³-hybridized carbons (Fsp3) is 0.231. The third-order valence-corrected chi connectivity index (χ3v) is 4.49. The van der Waals surface area contributed by atoms with Crippen LogP contribution in [0.5, 0.6) is 0 Å². The lowest BCUT2D eigenvalue weighted by molar-refractivity contribution is -0.138. The van der Waals surface area contributed by atoms with Crippen molar-refractivity contribution in [3.05, 3.63) is 46.8 Å². The van der Waals surface area contributed by atoms with Crippen LogP contribution in [0.4, 0.5) is 13.2 Å². The zero-order valence-corrected chi connectivity index (χ0v) is 11.8. The van der Waals surface area contributed by atoms with Gasteiger partial charge in [-0.1, -0.05) is 23.9 Å². The Morgan fingerprint density at radius 1 is 1.26 bits per heavy atom. The van der Waals surface area contributed by atoms with Crippen molar-refractivity contribution < 1.29 is 13.2 Å². The van der Waals surface area contributed by atoms with Crippen LogP contribution in [0, 0.1) is 0 Å². The summed E-state index contributed by atoms with van der Waals surface area (Å²) in [6, 6.07) is 8.26. The van der Waals surface area contributed by atoms with Crippen LogP contribution in [0.3, 0.4) is 0 Å². The van der Waals surface area contributed by atoms with Crippen molar-refractivity contribution in [3.8, 4) is 0 Å². The molecule has 0 radical (unpaired) electrons. The summed E-state index contributed by atoms with van der Waals surface area (Å²) in [5.41, 5.74) is -0.297. The maximum atomic E-state index is 13.0. The molecule has 0 aliphatic carbocycles. The Labute approximate surface area is 117 Å². The highest BCUT2D eigenvalue weighted by atomic mass is 32.2. The maximum absolute atomic E-state index is 13.0. The summed E-state index contributed by atoms with van der Waals surface area (Å²) in [5, 5.41) is 4.66. The van der Waals surface area contributed by atoms with Crippen LogP contribution in [0.1, 0.15) is 11.1 Å². The molecule has 6 heteroatoms. The van der Waals surface area contributed by atoms with Gasteiger partial charge in [0.25, 0.3) is 0 Å². The van der Waals surface area contributed by atoms with E-state index < -0.39 is 11.7 Å². The van der Waals surface area contributed by atoms with Gasteiger partial charge in [-0.3, -0.25) is 0 Å². The minimum atomic E-state index is -4.32. The molecule has 0 atom stereocenters. The van der Waals surface area contributed by atoms with E-state index in [4.69, 9.17) is 0 Å². The van der Waals surface area contributed by atoms with Crippen LogP contribution < -0.4 is 5.32 Å². The number of hydrogen-bond donors (Lipinski definition) is 1. The van der Waals surface area contributed by atoms with Crippen LogP contribution in [0.25, 0.3) is 0 Å². The molecule has 0 saturated carbocycles. The summed E-state index contributed by atoms with van der Waals surface area (Å²) in [4.78, 5) is 0.606. The van der Waals surface area contributed by atoms with Gasteiger partial charge >= 0.3 is 6.18 Å². The summed E-state index contributed by atoms with van der Waals surface area (Å²) in [6.45, 7) is 0.207. The molecule has 102 valence electrons. The van der Waals surface area contributed by atoms with Crippen LogP contribution >= 0.6 is 23.1 Å². The second-order valence-electron chi connectivity index (χ2n) is 3.88. The van der Waals surface area contributed by atoms with Crippen molar-refractivity contribution in [3.63, 3.8) is 0 Å². The molecule has 0 saturated heterocycles. The number of rotatable bonds is 4. The summed E-state index contributed by atoms with van der Waals surface area (Å²) >= 11 is 2.86. The second-order valence-corrected chi connectivity index (χ2v) is 6.20. The topological polar surface area (TPSA) is 12.0 Å². The highest BCUT2D eigenvalue weighted by Crippen LogP contribution is 2.37. The summed E-state index contributed by atoms with van der Waals surface area (Å²) in [5.74, 6) is 0. The number of halogens is 3. The van der Waals surface area contributed by atoms with Crippen LogP contribution in [-0.2, 0) is 12.7 Å². The molecule has 0 aliphatic heterocycles. The van der Waals surface area contributed by atoms with Gasteiger partial charge in [0.1, 0.15) is 0 Å². The first kappa shape index (κ1) is 14.4. The Morgan fingerprint density at radius 2 is 2.05 bits per heavy atom. The van der Waals surface area contributed by atoms with Gasteiger partial charge in [-0.2, -0.15) is 13.2 Å². The zero-order chi connectivity index (χ0) is 13.9. The largest absolute Gasteiger partial charge is 0.416 e. The highest BCUT2D eigenvalue weighted by Gasteiger charge is 2.33. The van der Waals surface area contributed by atoms with Crippen molar-refractivity contribution in [2.75, 3.05) is 7.05 Å². The van der Waals surface area contributed by atoms with Gasteiger partial charge in [0.2, 0.25) is 0 Å². The monoisotopic (exact) mass is 303 g/mol. The molecule has 2 aromatic rings. The van der Waals surface area contributed by atoms with Crippen molar-refractivity contribution >= 4 is 23.1 Å². The molecule has 0 amide bonds. The first-order chi connectivity index (χ1) is 9.00. The van der Waals surface area contributed by atoms with Crippen molar-refractivity contribution in [1.82, 2.24) is 5.32 Å². The van der Waals surface area contributed by atoms with E-state index in [9.17, 15) is 13.2 Å². The molecule has 1 N–H and O–H groups in total. The lowest BCUT2D eigenvalue weighted by atomic mass is 10.1. The van der Waals surface area contributed by atoms with E-state index in [-0.39, 0.29) is 12.1 Å². The average molecular weight is 303 g/mol. The van der Waals surface area contributed by atoms with E-state index >= 15 is 0 Å². The van der Waals surface area contributed by atoms with E-state index in [0.29, 0.717) is 4.90 Å². The standard InChI is InChI=1S/C13H12F3NS2/c1-17-8-9-4-5-10(7-11(9)13(14,15)16)19-12-3-2-6-18-12/h2-7,17H,8H2,1H3. The van der Waals surface area contributed by atoms with Gasteiger partial charge in [0.05, 0.1) is 9.77 Å². The van der Waals surface area contributed by atoms with Gasteiger partial charge in [-0.25, -0.2) is 0 Å². The quantitative estimate of drug-likeness (QED) is 0.883. The molecule has 1 aromatic carbocycles. The van der Waals surface area contributed by atoms with E-state index in [1.165, 1.54) is 35.2 Å². The Bertz CT molecular complexity index is 535. The highest BCUT2D eigenvalue weighted by molar-refractivity contribution is 8.01. The number of thiophene rings is 1. The third-order valence-electron chi connectivity index (χ3n) is 2.47. The van der Waals surface area contributed by atoms with Gasteiger partial charge in [-0.05, 0) is 36.2 Å². The smallest absolute Gasteiger partial charge is 0.316 e. The van der Waals surface area contributed by atoms with E-state index in [0.717, 1.165) is 4.21 Å². The molecule has 0 aliphatic rings. The Balaban J connectivity index is 2.32. The number of hydrogen-bond acceptors (Lipinski definition) is 3. The third kappa shape index (κ3) is 3.75. The Morgan fingerprint density at radius 3 is 2.63 bits per heavy atom. The van der Waals surface area contributed by atoms with Crippen molar-refractivity contribution in [2.24, 2.45) is 0 Å². The molecule has 0 spiro atoms. The molecule has 0 fully saturated rings. The minimum Gasteiger partial charge on any atom is -0.316 e. The molecule has 2 rings (SSSR count). The van der Waals surface area contributed by atoms with Gasteiger partial charge in [-0.15, -0.1) is 11.3 Å². The molecular formula is C13H12F3NS2. The van der Waals surface area contributed by atoms with Crippen LogP contribution in [0.2, 0.25) is 0 Å². The normalized spacial score (nSPS) is 11.8. The van der Waals surface area contributed by atoms with E-state index in [1.807, 2.05) is 17.5 Å². The molecule has 1 nitrogen and oxygen atoms in total. The lowest BCUT2D eigenvalue weighted by Gasteiger charge is -2.14. The van der Waals surface area contributed by atoms with Gasteiger partial charge in [0, 0.05) is 11.4 Å². The Kier molecular flexibility index (Phi) is 4.54. The van der Waals surface area contributed by atoms with Crippen molar-refractivity contribution in [2.45, 2.75) is 21.8 Å². The van der Waals surface area contributed by atoms with E-state index in [2.05, 4.69) is 5.32 Å². The molecule has 0 bridgehead atoms. The SMILES string of the molecule is CNCc1ccc(Sc2cccs2)cc1C(F)(F)F. The average Bonchev–Trinajstić information content (AvgIpc) is 2.83. The maximum Gasteiger partial charge on any atom is 0.416 e. The molecule has 0 unspecified atom stereocenters. The molecule has 1 heterocycles. The Hall–Kier alpha value is -0.980. The second kappa shape index (κ2) is 5.98. The molecule has 1 aromatic heterocycles. The zero-order valence-electron chi connectivity index (χ0n) is 10.1. The van der Waals surface area contributed by atoms with Crippen LogP contribution in [-0.4, -0.2) is 7.05 Å². The minimum absolute atomic E-state index is 0.207. The van der Waals surface area contributed by atoms with Crippen molar-refractivity contribution in [1.29, 1.82) is 0 Å². The summed E-state index contributed by atoms with van der Waals surface area (Å²) < 4.78 is 40.0. The molecular weight excluding hydrogens is 291 g/mol. The summed E-state index contributed by atoms with van der Waals surface area (Å²) in [6.07, 6.45) is -4.32. The van der Waals surface area contributed by atoms with Gasteiger partial charge in [0.15, 0.2) is 0 Å². The van der Waals surface area contributed by atoms with Crippen LogP contribution in [0.15, 0.2) is 44.8 Å². The summed E-state index contributed by atoms with van der Waals surface area (Å²) in [7, 11) is 1.63. The van der Waals surface area contributed by atoms with Gasteiger partial charge < -0.3 is 5.32 Å². The number of nitrogens with one attached hydrogen (secondary N) is 1. The molecule has 19 heavy (non-hydrogen) atoms. The first-order valence-corrected chi connectivity index (χ1v) is 7.26. The first-order valence-electron chi connectivity index (χ1n) is 5.57. The number of alkyl halides is 3. The van der Waals surface area contributed by atoms with E-state index in [1.54, 1.807) is 13.1 Å².